The maximum absolute atomic E-state index is 5.75. The van der Waals surface area contributed by atoms with E-state index in [4.69, 9.17) is 15.3 Å². The Morgan fingerprint density at radius 3 is 2.89 bits per heavy atom. The molecule has 4 nitrogen and oxygen atoms in total. The maximum atomic E-state index is 5.75. The number of hydrogen-bond donors (Lipinski definition) is 2. The largest absolute Gasteiger partial charge is 0.496 e. The predicted octanol–water partition coefficient (Wildman–Crippen LogP) is 1.80. The number of methoxy groups -OCH3 is 1. The molecule has 1 aromatic carbocycles. The van der Waals surface area contributed by atoms with Crippen molar-refractivity contribution in [1.29, 1.82) is 0 Å². The van der Waals surface area contributed by atoms with Crippen LogP contribution in [0.5, 0.6) is 5.75 Å². The van der Waals surface area contributed by atoms with Crippen LogP contribution >= 0.6 is 0 Å². The van der Waals surface area contributed by atoms with E-state index >= 15 is 0 Å². The first-order valence-corrected chi connectivity index (χ1v) is 6.87. The van der Waals surface area contributed by atoms with Crippen molar-refractivity contribution in [2.45, 2.75) is 38.8 Å². The summed E-state index contributed by atoms with van der Waals surface area (Å²) in [7, 11) is 1.71. The van der Waals surface area contributed by atoms with Crippen molar-refractivity contribution in [2.24, 2.45) is 11.8 Å². The molecule has 2 rings (SSSR count). The Bertz CT molecular complexity index is 423. The van der Waals surface area contributed by atoms with Gasteiger partial charge in [-0.25, -0.2) is 0 Å². The first kappa shape index (κ1) is 14.3. The van der Waals surface area contributed by atoms with E-state index in [-0.39, 0.29) is 12.1 Å². The molecule has 1 saturated heterocycles. The third-order valence-electron chi connectivity index (χ3n) is 4.04. The minimum absolute atomic E-state index is 0.216. The van der Waals surface area contributed by atoms with Gasteiger partial charge >= 0.3 is 0 Å². The zero-order valence-corrected chi connectivity index (χ0v) is 12.0. The normalized spacial score (nSPS) is 24.4. The zero-order chi connectivity index (χ0) is 13.8. The number of benzene rings is 1. The van der Waals surface area contributed by atoms with Gasteiger partial charge in [-0.1, -0.05) is 17.7 Å². The SMILES string of the molecule is COc1ccc(C)cc1CC(NN)C1CCOC1C. The molecule has 0 spiro atoms. The fourth-order valence-corrected chi connectivity index (χ4v) is 2.91. The van der Waals surface area contributed by atoms with Crippen molar-refractivity contribution in [1.82, 2.24) is 5.43 Å². The first-order chi connectivity index (χ1) is 9.15. The molecule has 1 fully saturated rings. The zero-order valence-electron chi connectivity index (χ0n) is 12.0. The maximum Gasteiger partial charge on any atom is 0.122 e. The van der Waals surface area contributed by atoms with Gasteiger partial charge in [-0.3, -0.25) is 11.3 Å². The van der Waals surface area contributed by atoms with Gasteiger partial charge in [0.25, 0.3) is 0 Å². The molecule has 1 aromatic rings. The van der Waals surface area contributed by atoms with E-state index in [1.165, 1.54) is 11.1 Å². The Labute approximate surface area is 115 Å². The lowest BCUT2D eigenvalue weighted by atomic mass is 9.88. The summed E-state index contributed by atoms with van der Waals surface area (Å²) in [6.45, 7) is 5.04. The summed E-state index contributed by atoms with van der Waals surface area (Å²) in [6.07, 6.45) is 2.18. The monoisotopic (exact) mass is 264 g/mol. The van der Waals surface area contributed by atoms with Crippen LogP contribution in [0.4, 0.5) is 0 Å². The highest BCUT2D eigenvalue weighted by Crippen LogP contribution is 2.28. The van der Waals surface area contributed by atoms with Crippen molar-refractivity contribution in [3.05, 3.63) is 29.3 Å². The van der Waals surface area contributed by atoms with E-state index in [1.54, 1.807) is 7.11 Å². The van der Waals surface area contributed by atoms with Gasteiger partial charge in [0.2, 0.25) is 0 Å². The van der Waals surface area contributed by atoms with Gasteiger partial charge in [-0.15, -0.1) is 0 Å². The fourth-order valence-electron chi connectivity index (χ4n) is 2.91. The summed E-state index contributed by atoms with van der Waals surface area (Å²) in [5.74, 6) is 7.13. The van der Waals surface area contributed by atoms with Gasteiger partial charge in [0, 0.05) is 18.6 Å². The molecule has 0 bridgehead atoms. The Morgan fingerprint density at radius 1 is 1.53 bits per heavy atom. The van der Waals surface area contributed by atoms with E-state index in [9.17, 15) is 0 Å². The average molecular weight is 264 g/mol. The number of ether oxygens (including phenoxy) is 2. The van der Waals surface area contributed by atoms with Gasteiger partial charge in [-0.05, 0) is 38.3 Å². The van der Waals surface area contributed by atoms with Gasteiger partial charge in [0.1, 0.15) is 5.75 Å². The molecular formula is C15H24N2O2. The van der Waals surface area contributed by atoms with Crippen LogP contribution in [0.15, 0.2) is 18.2 Å². The van der Waals surface area contributed by atoms with Crippen molar-refractivity contribution in [3.8, 4) is 5.75 Å². The predicted molar refractivity (Wildman–Crippen MR) is 76.1 cm³/mol. The Balaban J connectivity index is 2.15. The van der Waals surface area contributed by atoms with E-state index in [0.717, 1.165) is 25.2 Å². The second kappa shape index (κ2) is 6.37. The highest BCUT2D eigenvalue weighted by Gasteiger charge is 2.31. The molecule has 3 atom stereocenters. The van der Waals surface area contributed by atoms with E-state index < -0.39 is 0 Å². The number of rotatable bonds is 5. The molecule has 0 saturated carbocycles. The van der Waals surface area contributed by atoms with Crippen molar-refractivity contribution < 1.29 is 9.47 Å². The Morgan fingerprint density at radius 2 is 2.32 bits per heavy atom. The van der Waals surface area contributed by atoms with Crippen molar-refractivity contribution >= 4 is 0 Å². The van der Waals surface area contributed by atoms with Gasteiger partial charge in [0.15, 0.2) is 0 Å². The molecule has 1 aliphatic rings. The van der Waals surface area contributed by atoms with E-state index in [1.807, 2.05) is 6.07 Å². The molecule has 0 radical (unpaired) electrons. The fraction of sp³-hybridized carbons (Fsp3) is 0.600. The van der Waals surface area contributed by atoms with Crippen LogP contribution in [0.1, 0.15) is 24.5 Å². The Kier molecular flexibility index (Phi) is 4.80. The third-order valence-corrected chi connectivity index (χ3v) is 4.04. The lowest BCUT2D eigenvalue weighted by Gasteiger charge is -2.26. The smallest absolute Gasteiger partial charge is 0.122 e. The van der Waals surface area contributed by atoms with E-state index in [2.05, 4.69) is 31.4 Å². The lowest BCUT2D eigenvalue weighted by molar-refractivity contribution is 0.0953. The summed E-state index contributed by atoms with van der Waals surface area (Å²) in [6, 6.07) is 6.47. The summed E-state index contributed by atoms with van der Waals surface area (Å²) in [4.78, 5) is 0. The van der Waals surface area contributed by atoms with Crippen LogP contribution in [-0.4, -0.2) is 25.9 Å². The minimum Gasteiger partial charge on any atom is -0.496 e. The molecule has 3 unspecified atom stereocenters. The van der Waals surface area contributed by atoms with Crippen LogP contribution in [0.2, 0.25) is 0 Å². The van der Waals surface area contributed by atoms with Crippen LogP contribution in [0, 0.1) is 12.8 Å². The molecule has 19 heavy (non-hydrogen) atoms. The topological polar surface area (TPSA) is 56.5 Å². The standard InChI is InChI=1S/C15H24N2O2/c1-10-4-5-15(18-3)12(8-10)9-14(17-16)13-6-7-19-11(13)2/h4-5,8,11,13-14,17H,6-7,9,16H2,1-3H3. The molecule has 0 aliphatic carbocycles. The van der Waals surface area contributed by atoms with Crippen molar-refractivity contribution in [2.75, 3.05) is 13.7 Å². The highest BCUT2D eigenvalue weighted by atomic mass is 16.5. The molecule has 3 N–H and O–H groups in total. The lowest BCUT2D eigenvalue weighted by Crippen LogP contribution is -2.44. The molecule has 106 valence electrons. The number of aryl methyl sites for hydroxylation is 1. The molecular weight excluding hydrogens is 240 g/mol. The highest BCUT2D eigenvalue weighted by molar-refractivity contribution is 5.37. The van der Waals surface area contributed by atoms with Crippen LogP contribution in [0.25, 0.3) is 0 Å². The Hall–Kier alpha value is -1.10. The molecule has 1 heterocycles. The molecule has 1 aliphatic heterocycles. The van der Waals surface area contributed by atoms with Gasteiger partial charge < -0.3 is 9.47 Å². The molecule has 0 amide bonds. The quantitative estimate of drug-likeness (QED) is 0.629. The summed E-state index contributed by atoms with van der Waals surface area (Å²) >= 11 is 0. The number of hydrogen-bond acceptors (Lipinski definition) is 4. The first-order valence-electron chi connectivity index (χ1n) is 6.87. The van der Waals surface area contributed by atoms with Gasteiger partial charge in [0.05, 0.1) is 13.2 Å². The van der Waals surface area contributed by atoms with Crippen LogP contribution < -0.4 is 16.0 Å². The van der Waals surface area contributed by atoms with Crippen molar-refractivity contribution in [3.63, 3.8) is 0 Å². The third kappa shape index (κ3) is 3.26. The van der Waals surface area contributed by atoms with E-state index in [0.29, 0.717) is 5.92 Å². The average Bonchev–Trinajstić information content (AvgIpc) is 2.82. The number of hydrazine groups is 1. The summed E-state index contributed by atoms with van der Waals surface area (Å²) in [5, 5.41) is 0. The molecule has 4 heteroatoms. The molecule has 0 aromatic heterocycles. The number of nitrogens with one attached hydrogen (secondary N) is 1. The number of nitrogens with two attached hydrogens (primary N) is 1. The minimum atomic E-state index is 0.216. The van der Waals surface area contributed by atoms with Crippen LogP contribution in [0.3, 0.4) is 0 Å². The van der Waals surface area contributed by atoms with Crippen LogP contribution in [-0.2, 0) is 11.2 Å². The van der Waals surface area contributed by atoms with Gasteiger partial charge in [-0.2, -0.15) is 0 Å². The second-order valence-corrected chi connectivity index (χ2v) is 5.32. The summed E-state index contributed by atoms with van der Waals surface area (Å²) in [5.41, 5.74) is 5.40. The second-order valence-electron chi connectivity index (χ2n) is 5.32. The summed E-state index contributed by atoms with van der Waals surface area (Å²) < 4.78 is 11.1.